The van der Waals surface area contributed by atoms with Crippen molar-refractivity contribution in [3.63, 3.8) is 0 Å². The Labute approximate surface area is 123 Å². The maximum atomic E-state index is 3.53. The van der Waals surface area contributed by atoms with Gasteiger partial charge in [0.1, 0.15) is 0 Å². The summed E-state index contributed by atoms with van der Waals surface area (Å²) < 4.78 is 0. The lowest BCUT2D eigenvalue weighted by Crippen LogP contribution is -2.37. The molecule has 0 amide bonds. The van der Waals surface area contributed by atoms with E-state index >= 15 is 0 Å². The summed E-state index contributed by atoms with van der Waals surface area (Å²) in [7, 11) is 0. The molecule has 0 saturated heterocycles. The Balaban J connectivity index is 1.90. The van der Waals surface area contributed by atoms with E-state index in [0.717, 1.165) is 10.6 Å². The lowest BCUT2D eigenvalue weighted by atomic mass is 10.1. The molecule has 0 aromatic heterocycles. The number of rotatable bonds is 6. The van der Waals surface area contributed by atoms with Crippen molar-refractivity contribution in [2.45, 2.75) is 42.9 Å². The number of thioether (sulfide) groups is 1. The molecule has 0 aliphatic carbocycles. The normalized spacial score (nSPS) is 18.6. The van der Waals surface area contributed by atoms with Crippen molar-refractivity contribution in [3.05, 3.63) is 29.8 Å². The molecule has 1 nitrogen and oxygen atoms in total. The summed E-state index contributed by atoms with van der Waals surface area (Å²) in [5, 5.41) is 1.84. The number of fused-ring (bicyclic) bond motifs is 1. The third kappa shape index (κ3) is 3.75. The molecule has 1 heterocycles. The Morgan fingerprint density at radius 1 is 1.39 bits per heavy atom. The number of hydrogen-bond donors (Lipinski definition) is 0. The number of benzene rings is 1. The molecule has 18 heavy (non-hydrogen) atoms. The van der Waals surface area contributed by atoms with E-state index in [1.54, 1.807) is 0 Å². The molecule has 0 spiro atoms. The van der Waals surface area contributed by atoms with Crippen molar-refractivity contribution >= 4 is 27.7 Å². The fourth-order valence-electron chi connectivity index (χ4n) is 2.44. The number of halogens is 1. The highest BCUT2D eigenvalue weighted by Crippen LogP contribution is 2.37. The summed E-state index contributed by atoms with van der Waals surface area (Å²) >= 11 is 5.59. The van der Waals surface area contributed by atoms with Gasteiger partial charge < -0.3 is 0 Å². The fraction of sp³-hybridized carbons (Fsp3) is 0.600. The third-order valence-corrected chi connectivity index (χ3v) is 5.32. The second kappa shape index (κ2) is 6.97. The molecule has 0 N–H and O–H groups in total. The van der Waals surface area contributed by atoms with Crippen LogP contribution in [-0.2, 0) is 6.42 Å². The van der Waals surface area contributed by atoms with E-state index in [0.29, 0.717) is 6.04 Å². The van der Waals surface area contributed by atoms with Gasteiger partial charge in [-0.3, -0.25) is 4.90 Å². The van der Waals surface area contributed by atoms with Crippen LogP contribution in [0.4, 0.5) is 0 Å². The van der Waals surface area contributed by atoms with E-state index < -0.39 is 0 Å². The summed E-state index contributed by atoms with van der Waals surface area (Å²) in [6.07, 6.45) is 2.47. The van der Waals surface area contributed by atoms with Crippen LogP contribution in [0.3, 0.4) is 0 Å². The van der Waals surface area contributed by atoms with E-state index in [9.17, 15) is 0 Å². The van der Waals surface area contributed by atoms with Gasteiger partial charge in [-0.05, 0) is 44.9 Å². The second-order valence-corrected chi connectivity index (χ2v) is 7.32. The molecule has 1 aliphatic rings. The first-order chi connectivity index (χ1) is 8.70. The quantitative estimate of drug-likeness (QED) is 0.720. The summed E-state index contributed by atoms with van der Waals surface area (Å²) in [4.78, 5) is 4.11. The Kier molecular flexibility index (Phi) is 5.58. The van der Waals surface area contributed by atoms with E-state index in [-0.39, 0.29) is 0 Å². The van der Waals surface area contributed by atoms with Crippen LogP contribution in [0.2, 0.25) is 0 Å². The summed E-state index contributed by atoms with van der Waals surface area (Å²) in [6, 6.07) is 9.50. The first-order valence-electron chi connectivity index (χ1n) is 6.75. The minimum atomic E-state index is 0.647. The van der Waals surface area contributed by atoms with E-state index in [2.05, 4.69) is 70.7 Å². The molecular weight excluding hydrogens is 306 g/mol. The van der Waals surface area contributed by atoms with Gasteiger partial charge in [0.2, 0.25) is 0 Å². The van der Waals surface area contributed by atoms with Crippen LogP contribution in [0.5, 0.6) is 0 Å². The van der Waals surface area contributed by atoms with E-state index in [1.165, 1.54) is 36.4 Å². The Hall–Kier alpha value is 0.01000. The minimum absolute atomic E-state index is 0.647. The Morgan fingerprint density at radius 3 is 2.83 bits per heavy atom. The predicted molar refractivity (Wildman–Crippen MR) is 84.9 cm³/mol. The first-order valence-corrected chi connectivity index (χ1v) is 8.75. The molecule has 1 aromatic rings. The van der Waals surface area contributed by atoms with Crippen LogP contribution in [0, 0.1) is 0 Å². The molecule has 1 atom stereocenters. The van der Waals surface area contributed by atoms with Gasteiger partial charge in [-0.25, -0.2) is 0 Å². The molecule has 3 heteroatoms. The van der Waals surface area contributed by atoms with Crippen LogP contribution in [0.1, 0.15) is 25.8 Å². The highest BCUT2D eigenvalue weighted by Gasteiger charge is 2.24. The maximum Gasteiger partial charge on any atom is 0.0263 e. The molecule has 100 valence electrons. The second-order valence-electron chi connectivity index (χ2n) is 5.18. The van der Waals surface area contributed by atoms with Gasteiger partial charge in [0.15, 0.2) is 0 Å². The van der Waals surface area contributed by atoms with Crippen LogP contribution in [0.15, 0.2) is 29.2 Å². The van der Waals surface area contributed by atoms with Gasteiger partial charge >= 0.3 is 0 Å². The third-order valence-electron chi connectivity index (χ3n) is 3.46. The highest BCUT2D eigenvalue weighted by molar-refractivity contribution is 9.09. The zero-order chi connectivity index (χ0) is 13.0. The fourth-order valence-corrected chi connectivity index (χ4v) is 4.04. The average molecular weight is 328 g/mol. The zero-order valence-electron chi connectivity index (χ0n) is 11.2. The molecule has 0 saturated carbocycles. The standard InChI is InChI=1S/C15H22BrNS/c1-12(2)17(9-5-8-16)11-14-10-13-6-3-4-7-15(13)18-14/h3-4,6-7,12,14H,5,8-11H2,1-2H3. The van der Waals surface area contributed by atoms with Crippen molar-refractivity contribution in [1.82, 2.24) is 4.90 Å². The summed E-state index contributed by atoms with van der Waals surface area (Å²) in [6.45, 7) is 7.03. The van der Waals surface area contributed by atoms with Crippen LogP contribution < -0.4 is 0 Å². The Bertz CT molecular complexity index is 356. The van der Waals surface area contributed by atoms with Crippen LogP contribution in [-0.4, -0.2) is 34.6 Å². The van der Waals surface area contributed by atoms with Gasteiger partial charge in [-0.15, -0.1) is 11.8 Å². The summed E-state index contributed by atoms with van der Waals surface area (Å²) in [5.41, 5.74) is 1.54. The van der Waals surface area contributed by atoms with Crippen molar-refractivity contribution in [2.24, 2.45) is 0 Å². The molecular formula is C15H22BrNS. The maximum absolute atomic E-state index is 3.53. The Morgan fingerprint density at radius 2 is 2.17 bits per heavy atom. The van der Waals surface area contributed by atoms with Gasteiger partial charge in [-0.1, -0.05) is 34.1 Å². The van der Waals surface area contributed by atoms with Crippen LogP contribution >= 0.6 is 27.7 Å². The van der Waals surface area contributed by atoms with Crippen molar-refractivity contribution in [3.8, 4) is 0 Å². The first kappa shape index (κ1) is 14.4. The molecule has 0 bridgehead atoms. The number of nitrogens with zero attached hydrogens (tertiary/aromatic N) is 1. The van der Waals surface area contributed by atoms with E-state index in [4.69, 9.17) is 0 Å². The van der Waals surface area contributed by atoms with Crippen molar-refractivity contribution in [2.75, 3.05) is 18.4 Å². The van der Waals surface area contributed by atoms with Crippen molar-refractivity contribution < 1.29 is 0 Å². The number of alkyl halides is 1. The van der Waals surface area contributed by atoms with Gasteiger partial charge in [-0.2, -0.15) is 0 Å². The molecule has 1 aromatic carbocycles. The average Bonchev–Trinajstić information content (AvgIpc) is 2.76. The smallest absolute Gasteiger partial charge is 0.0263 e. The van der Waals surface area contributed by atoms with Crippen LogP contribution in [0.25, 0.3) is 0 Å². The summed E-state index contributed by atoms with van der Waals surface area (Å²) in [5.74, 6) is 0. The molecule has 2 rings (SSSR count). The lowest BCUT2D eigenvalue weighted by molar-refractivity contribution is 0.224. The molecule has 1 aliphatic heterocycles. The van der Waals surface area contributed by atoms with Gasteiger partial charge in [0, 0.05) is 28.1 Å². The number of hydrogen-bond acceptors (Lipinski definition) is 2. The predicted octanol–water partition coefficient (Wildman–Crippen LogP) is 4.20. The van der Waals surface area contributed by atoms with E-state index in [1.807, 2.05) is 0 Å². The molecule has 0 radical (unpaired) electrons. The highest BCUT2D eigenvalue weighted by atomic mass is 79.9. The monoisotopic (exact) mass is 327 g/mol. The molecule has 0 fully saturated rings. The minimum Gasteiger partial charge on any atom is -0.300 e. The SMILES string of the molecule is CC(C)N(CCCBr)CC1Cc2ccccc2S1. The van der Waals surface area contributed by atoms with Crippen molar-refractivity contribution in [1.29, 1.82) is 0 Å². The van der Waals surface area contributed by atoms with Gasteiger partial charge in [0.25, 0.3) is 0 Å². The zero-order valence-corrected chi connectivity index (χ0v) is 13.6. The topological polar surface area (TPSA) is 3.24 Å². The largest absolute Gasteiger partial charge is 0.300 e. The lowest BCUT2D eigenvalue weighted by Gasteiger charge is -2.28. The molecule has 1 unspecified atom stereocenters. The van der Waals surface area contributed by atoms with Gasteiger partial charge in [0.05, 0.1) is 0 Å².